The van der Waals surface area contributed by atoms with Gasteiger partial charge in [-0.05, 0) is 152 Å². The topological polar surface area (TPSA) is 153 Å². The van der Waals surface area contributed by atoms with E-state index in [2.05, 4.69) is 88.6 Å². The zero-order valence-corrected chi connectivity index (χ0v) is 46.2. The lowest BCUT2D eigenvalue weighted by atomic mass is 9.99. The number of ether oxygens (including phenoxy) is 1. The number of nitrogens with zero attached hydrogens (tertiary/aromatic N) is 4. The van der Waals surface area contributed by atoms with Gasteiger partial charge in [-0.2, -0.15) is 0 Å². The number of nitrogens with one attached hydrogen (secondary N) is 3. The molecule has 1 atom stereocenters. The fraction of sp³-hybridized carbons (Fsp3) is 0.443. The van der Waals surface area contributed by atoms with Crippen molar-refractivity contribution in [1.29, 1.82) is 0 Å². The molecule has 1 saturated heterocycles. The van der Waals surface area contributed by atoms with Crippen LogP contribution >= 0.6 is 0 Å². The molecule has 3 aliphatic heterocycles. The van der Waals surface area contributed by atoms with Crippen LogP contribution in [0.5, 0.6) is 0 Å². The van der Waals surface area contributed by atoms with Gasteiger partial charge in [0.2, 0.25) is 5.91 Å². The fourth-order valence-electron chi connectivity index (χ4n) is 9.17. The highest BCUT2D eigenvalue weighted by Gasteiger charge is 2.23. The van der Waals surface area contributed by atoms with E-state index in [4.69, 9.17) is 4.74 Å². The normalized spacial score (nSPS) is 15.6. The number of aliphatic imine (C=N–C) groups is 1. The Morgan fingerprint density at radius 3 is 1.99 bits per heavy atom. The van der Waals surface area contributed by atoms with Crippen LogP contribution in [0, 0.1) is 12.8 Å². The second kappa shape index (κ2) is 29.7. The van der Waals surface area contributed by atoms with Gasteiger partial charge in [-0.25, -0.2) is 4.99 Å². The molecule has 0 radical (unpaired) electrons. The average molecular weight is 1010 g/mol. The first-order valence-electron chi connectivity index (χ1n) is 26.2. The highest BCUT2D eigenvalue weighted by Crippen LogP contribution is 2.27. The van der Waals surface area contributed by atoms with E-state index in [0.29, 0.717) is 48.9 Å². The van der Waals surface area contributed by atoms with Crippen molar-refractivity contribution in [3.63, 3.8) is 0 Å². The quantitative estimate of drug-likeness (QED) is 0.0563. The monoisotopic (exact) mass is 1010 g/mol. The molecule has 74 heavy (non-hydrogen) atoms. The van der Waals surface area contributed by atoms with E-state index >= 15 is 0 Å². The summed E-state index contributed by atoms with van der Waals surface area (Å²) in [5.74, 6) is 1.70. The molecule has 13 heteroatoms. The van der Waals surface area contributed by atoms with Gasteiger partial charge >= 0.3 is 0 Å². The number of allylic oxidation sites excluding steroid dienone is 3. The van der Waals surface area contributed by atoms with Crippen LogP contribution < -0.4 is 20.9 Å². The molecule has 3 heterocycles. The molecule has 0 bridgehead atoms. The molecular weight excluding hydrogens is 927 g/mol. The van der Waals surface area contributed by atoms with Crippen molar-refractivity contribution in [3.05, 3.63) is 148 Å². The summed E-state index contributed by atoms with van der Waals surface area (Å²) in [6.07, 6.45) is 8.69. The summed E-state index contributed by atoms with van der Waals surface area (Å²) in [4.78, 5) is 68.3. The number of anilines is 3. The van der Waals surface area contributed by atoms with E-state index < -0.39 is 0 Å². The highest BCUT2D eigenvalue weighted by atomic mass is 16.5. The molecule has 0 aliphatic carbocycles. The number of carbonyl (C=O) groups is 5. The average Bonchev–Trinajstić information content (AvgIpc) is 3.37. The van der Waals surface area contributed by atoms with Crippen molar-refractivity contribution in [2.24, 2.45) is 10.9 Å². The maximum Gasteiger partial charge on any atom is 0.228 e. The van der Waals surface area contributed by atoms with Gasteiger partial charge in [0.15, 0.2) is 11.6 Å². The molecule has 0 aromatic heterocycles. The maximum absolute atomic E-state index is 12.8. The zero-order chi connectivity index (χ0) is 54.5. The van der Waals surface area contributed by atoms with E-state index in [0.717, 1.165) is 97.5 Å². The number of hydrogen-bond acceptors (Lipinski definition) is 12. The molecule has 0 spiro atoms. The van der Waals surface area contributed by atoms with E-state index in [1.165, 1.54) is 43.5 Å². The number of hydrogen-bond donors (Lipinski definition) is 3. The third-order valence-corrected chi connectivity index (χ3v) is 13.8. The van der Waals surface area contributed by atoms with Crippen molar-refractivity contribution in [3.8, 4) is 0 Å². The van der Waals surface area contributed by atoms with Gasteiger partial charge in [0.25, 0.3) is 0 Å². The first kappa shape index (κ1) is 59.7. The standard InChI is InChI=1S/C42H57N7O2.C11H12O2.C8H14O2/c1-8-38(9-2)47-22-24-48(25-23-47)39-17-15-37(16-18-39)46-41(50)27-34-11-13-36(14-12-34)45-33(7)44-28-35-19-21-49(29-30(35)4)40(10-3)31(5)42-32(6)51-26-20-43-42;1-7-4-5-10(8(2)12)11(6-7)9(3)13;1-6(8(3)10)4-5-7(2)9/h10-18,28,38,43,45H,3,7-9,19-27,29H2,1-2,4-6H3,(H,46,50);4-6H,1-3H3;6H,4-5H2,1-3H3/b40-31+,44-28-;;. The molecule has 398 valence electrons. The van der Waals surface area contributed by atoms with Gasteiger partial charge in [-0.15, -0.1) is 0 Å². The van der Waals surface area contributed by atoms with Crippen molar-refractivity contribution in [2.45, 2.75) is 121 Å². The maximum atomic E-state index is 12.8. The number of carbonyl (C=O) groups excluding carboxylic acids is 5. The van der Waals surface area contributed by atoms with Crippen molar-refractivity contribution in [2.75, 3.05) is 68.0 Å². The fourth-order valence-corrected chi connectivity index (χ4v) is 9.17. The first-order chi connectivity index (χ1) is 35.2. The summed E-state index contributed by atoms with van der Waals surface area (Å²) in [5, 5.41) is 9.81. The van der Waals surface area contributed by atoms with E-state index in [-0.39, 0.29) is 35.0 Å². The van der Waals surface area contributed by atoms with Crippen LogP contribution in [0.1, 0.15) is 133 Å². The minimum Gasteiger partial charge on any atom is -0.494 e. The molecule has 3 aromatic rings. The van der Waals surface area contributed by atoms with Crippen LogP contribution in [0.4, 0.5) is 17.1 Å². The number of piperazine rings is 1. The zero-order valence-electron chi connectivity index (χ0n) is 46.2. The molecule has 6 rings (SSSR count). The number of aryl methyl sites for hydroxylation is 1. The minimum absolute atomic E-state index is 0.0383. The Balaban J connectivity index is 0.000000423. The lowest BCUT2D eigenvalue weighted by molar-refractivity contribution is -0.121. The van der Waals surface area contributed by atoms with Crippen LogP contribution in [0.3, 0.4) is 0 Å². The second-order valence-electron chi connectivity index (χ2n) is 19.6. The van der Waals surface area contributed by atoms with Crippen LogP contribution in [-0.4, -0.2) is 104 Å². The van der Waals surface area contributed by atoms with E-state index in [1.807, 2.05) is 75.5 Å². The third kappa shape index (κ3) is 18.6. The van der Waals surface area contributed by atoms with Gasteiger partial charge in [-0.1, -0.05) is 63.8 Å². The number of ketones is 4. The molecule has 1 amide bonds. The van der Waals surface area contributed by atoms with Crippen LogP contribution in [0.15, 0.2) is 131 Å². The van der Waals surface area contributed by atoms with Crippen molar-refractivity contribution < 1.29 is 28.7 Å². The molecule has 1 fully saturated rings. The van der Waals surface area contributed by atoms with Crippen LogP contribution in [-0.2, 0) is 25.5 Å². The lowest BCUT2D eigenvalue weighted by Gasteiger charge is -2.39. The molecule has 3 aliphatic rings. The number of benzene rings is 3. The van der Waals surface area contributed by atoms with Gasteiger partial charge in [-0.3, -0.25) is 24.1 Å². The number of Topliss-reactive ketones (excluding diaryl/α,β-unsaturated/α-hetero) is 4. The summed E-state index contributed by atoms with van der Waals surface area (Å²) in [6, 6.07) is 22.0. The second-order valence-corrected chi connectivity index (χ2v) is 19.6. The smallest absolute Gasteiger partial charge is 0.228 e. The van der Waals surface area contributed by atoms with Crippen LogP contribution in [0.2, 0.25) is 0 Å². The predicted octanol–water partition coefficient (Wildman–Crippen LogP) is 11.4. The van der Waals surface area contributed by atoms with Gasteiger partial charge in [0.1, 0.15) is 29.8 Å². The third-order valence-electron chi connectivity index (χ3n) is 13.8. The number of rotatable bonds is 20. The molecule has 1 unspecified atom stereocenters. The van der Waals surface area contributed by atoms with E-state index in [1.54, 1.807) is 26.0 Å². The summed E-state index contributed by atoms with van der Waals surface area (Å²) in [5.41, 5.74) is 11.7. The van der Waals surface area contributed by atoms with E-state index in [9.17, 15) is 24.0 Å². The first-order valence-corrected chi connectivity index (χ1v) is 26.2. The van der Waals surface area contributed by atoms with Gasteiger partial charge < -0.3 is 35.3 Å². The molecular formula is C61H83N7O6. The summed E-state index contributed by atoms with van der Waals surface area (Å²) in [7, 11) is 0. The largest absolute Gasteiger partial charge is 0.494 e. The molecule has 0 saturated carbocycles. The van der Waals surface area contributed by atoms with Gasteiger partial charge in [0, 0.05) is 104 Å². The summed E-state index contributed by atoms with van der Waals surface area (Å²) in [6.45, 7) is 36.3. The summed E-state index contributed by atoms with van der Waals surface area (Å²) < 4.78 is 5.77. The Labute approximate surface area is 442 Å². The summed E-state index contributed by atoms with van der Waals surface area (Å²) >= 11 is 0. The van der Waals surface area contributed by atoms with Crippen LogP contribution in [0.25, 0.3) is 0 Å². The molecule has 3 aromatic carbocycles. The Kier molecular flexibility index (Phi) is 24.0. The van der Waals surface area contributed by atoms with Crippen molar-refractivity contribution in [1.82, 2.24) is 15.1 Å². The Morgan fingerprint density at radius 1 is 0.811 bits per heavy atom. The van der Waals surface area contributed by atoms with Crippen molar-refractivity contribution >= 4 is 52.3 Å². The SMILES string of the molecule is C=C/C(=C(/C)C1=C(C)OCCN1)N1CCC(/C=N\C(=C)Nc2ccc(CC(=O)Nc3ccc(N4CCN(C(CC)CC)CC4)cc3)cc2)=C(C)C1.CC(=O)CCC(C)C(C)=O.CC(=O)c1ccc(C)cc1C(C)=O. The molecule has 13 nitrogen and oxygen atoms in total. The minimum atomic E-state index is -0.0646. The number of amides is 1. The Hall–Kier alpha value is -6.86. The Bertz CT molecular complexity index is 2580. The Morgan fingerprint density at radius 2 is 1.43 bits per heavy atom. The highest BCUT2D eigenvalue weighted by molar-refractivity contribution is 6.07. The van der Waals surface area contributed by atoms with Gasteiger partial charge in [0.05, 0.1) is 12.1 Å². The lowest BCUT2D eigenvalue weighted by Crippen LogP contribution is -2.50. The molecule has 3 N–H and O–H groups in total. The predicted molar refractivity (Wildman–Crippen MR) is 304 cm³/mol.